The standard InChI is InChI=1S/2C21H29F3O/c2*1-2-15-3-5-16(6-4-15)17-7-9-18(10-8-17)19-11-13-20(14-12-19)25-21(22,23)24/h2*11-18H,2-10H2,1H3. The van der Waals surface area contributed by atoms with Gasteiger partial charge in [-0.1, -0.05) is 76.6 Å². The summed E-state index contributed by atoms with van der Waals surface area (Å²) in [6.45, 7) is 4.61. The van der Waals surface area contributed by atoms with E-state index in [0.29, 0.717) is 11.8 Å². The summed E-state index contributed by atoms with van der Waals surface area (Å²) in [7, 11) is 0. The summed E-state index contributed by atoms with van der Waals surface area (Å²) >= 11 is 0. The third-order valence-corrected chi connectivity index (χ3v) is 13.0. The molecule has 4 aliphatic carbocycles. The van der Waals surface area contributed by atoms with Gasteiger partial charge in [0.2, 0.25) is 0 Å². The Morgan fingerprint density at radius 1 is 0.420 bits per heavy atom. The highest BCUT2D eigenvalue weighted by atomic mass is 19.4. The summed E-state index contributed by atoms with van der Waals surface area (Å²) in [5.41, 5.74) is 2.31. The number of alkyl halides is 6. The van der Waals surface area contributed by atoms with Crippen LogP contribution in [0.5, 0.6) is 11.5 Å². The number of benzene rings is 2. The van der Waals surface area contributed by atoms with E-state index < -0.39 is 12.7 Å². The van der Waals surface area contributed by atoms with Gasteiger partial charge in [-0.15, -0.1) is 26.3 Å². The molecule has 0 saturated heterocycles. The average molecular weight is 709 g/mol. The molecular formula is C42H58F6O2. The lowest BCUT2D eigenvalue weighted by atomic mass is 9.68. The van der Waals surface area contributed by atoms with Gasteiger partial charge in [-0.05, 0) is 160 Å². The molecule has 0 aliphatic heterocycles. The second kappa shape index (κ2) is 17.9. The minimum atomic E-state index is -4.61. The average Bonchev–Trinajstić information content (AvgIpc) is 3.11. The Morgan fingerprint density at radius 3 is 0.920 bits per heavy atom. The maximum Gasteiger partial charge on any atom is 0.573 e. The van der Waals surface area contributed by atoms with Gasteiger partial charge in [0.1, 0.15) is 11.5 Å². The molecule has 0 amide bonds. The highest BCUT2D eigenvalue weighted by Gasteiger charge is 2.34. The SMILES string of the molecule is CCC1CCC(C2CCC(c3ccc(OC(F)(F)F)cc3)CC2)CC1.CCC1CCC(C2CCC(c3ccc(OC(F)(F)F)cc3)CC2)CC1. The molecular weight excluding hydrogens is 650 g/mol. The molecule has 2 nitrogen and oxygen atoms in total. The number of rotatable bonds is 8. The normalized spacial score (nSPS) is 30.9. The summed E-state index contributed by atoms with van der Waals surface area (Å²) in [6.07, 6.45) is 14.4. The molecule has 0 N–H and O–H groups in total. The Hall–Kier alpha value is -2.38. The Morgan fingerprint density at radius 2 is 0.680 bits per heavy atom. The number of hydrogen-bond acceptors (Lipinski definition) is 2. The second-order valence-electron chi connectivity index (χ2n) is 15.8. The van der Waals surface area contributed by atoms with Gasteiger partial charge in [-0.2, -0.15) is 0 Å². The molecule has 280 valence electrons. The summed E-state index contributed by atoms with van der Waals surface area (Å²) in [5.74, 6) is 6.16. The van der Waals surface area contributed by atoms with Gasteiger partial charge in [-0.25, -0.2) is 0 Å². The van der Waals surface area contributed by atoms with Crippen LogP contribution in [-0.4, -0.2) is 12.7 Å². The first-order chi connectivity index (χ1) is 23.9. The molecule has 0 spiro atoms. The fourth-order valence-corrected chi connectivity index (χ4v) is 9.87. The van der Waals surface area contributed by atoms with E-state index in [-0.39, 0.29) is 11.5 Å². The monoisotopic (exact) mass is 708 g/mol. The first-order valence-corrected chi connectivity index (χ1v) is 19.6. The van der Waals surface area contributed by atoms with E-state index in [1.165, 1.54) is 114 Å². The van der Waals surface area contributed by atoms with E-state index in [1.54, 1.807) is 24.3 Å². The smallest absolute Gasteiger partial charge is 0.406 e. The number of hydrogen-bond donors (Lipinski definition) is 0. The van der Waals surface area contributed by atoms with Crippen LogP contribution in [0, 0.1) is 35.5 Å². The van der Waals surface area contributed by atoms with Crippen molar-refractivity contribution < 1.29 is 35.8 Å². The lowest BCUT2D eigenvalue weighted by molar-refractivity contribution is -0.275. The lowest BCUT2D eigenvalue weighted by Crippen LogP contribution is -2.25. The second-order valence-corrected chi connectivity index (χ2v) is 15.8. The van der Waals surface area contributed by atoms with E-state index in [1.807, 2.05) is 0 Å². The lowest BCUT2D eigenvalue weighted by Gasteiger charge is -2.38. The third kappa shape index (κ3) is 11.8. The molecule has 4 aliphatic rings. The first kappa shape index (κ1) is 38.8. The van der Waals surface area contributed by atoms with Gasteiger partial charge in [0.25, 0.3) is 0 Å². The predicted molar refractivity (Wildman–Crippen MR) is 187 cm³/mol. The molecule has 50 heavy (non-hydrogen) atoms. The largest absolute Gasteiger partial charge is 0.573 e. The Kier molecular flexibility index (Phi) is 13.9. The van der Waals surface area contributed by atoms with Crippen LogP contribution in [-0.2, 0) is 0 Å². The Labute approximate surface area is 296 Å². The topological polar surface area (TPSA) is 18.5 Å². The van der Waals surface area contributed by atoms with Gasteiger partial charge in [-0.3, -0.25) is 0 Å². The van der Waals surface area contributed by atoms with Crippen LogP contribution in [0.1, 0.15) is 152 Å². The molecule has 2 aromatic carbocycles. The van der Waals surface area contributed by atoms with Gasteiger partial charge in [0, 0.05) is 0 Å². The highest BCUT2D eigenvalue weighted by Crippen LogP contribution is 2.46. The fourth-order valence-electron chi connectivity index (χ4n) is 9.87. The van der Waals surface area contributed by atoms with Gasteiger partial charge in [0.05, 0.1) is 0 Å². The maximum atomic E-state index is 12.2. The van der Waals surface area contributed by atoms with Crippen molar-refractivity contribution in [1.82, 2.24) is 0 Å². The highest BCUT2D eigenvalue weighted by molar-refractivity contribution is 5.31. The van der Waals surface area contributed by atoms with Gasteiger partial charge < -0.3 is 9.47 Å². The molecule has 0 aromatic heterocycles. The van der Waals surface area contributed by atoms with E-state index in [4.69, 9.17) is 0 Å². The van der Waals surface area contributed by atoms with Crippen LogP contribution < -0.4 is 9.47 Å². The number of ether oxygens (including phenoxy) is 2. The summed E-state index contributed by atoms with van der Waals surface area (Å²) in [5, 5.41) is 0. The molecule has 4 fully saturated rings. The quantitative estimate of drug-likeness (QED) is 0.254. The zero-order chi connectivity index (χ0) is 35.7. The van der Waals surface area contributed by atoms with Gasteiger partial charge in [0.15, 0.2) is 0 Å². The summed E-state index contributed by atoms with van der Waals surface area (Å²) < 4.78 is 81.4. The van der Waals surface area contributed by atoms with Crippen LogP contribution in [0.4, 0.5) is 26.3 Å². The van der Waals surface area contributed by atoms with E-state index in [9.17, 15) is 26.3 Å². The van der Waals surface area contributed by atoms with Gasteiger partial charge >= 0.3 is 12.7 Å². The van der Waals surface area contributed by atoms with Crippen LogP contribution in [0.2, 0.25) is 0 Å². The zero-order valence-electron chi connectivity index (χ0n) is 30.0. The molecule has 0 heterocycles. The zero-order valence-corrected chi connectivity index (χ0v) is 30.0. The van der Waals surface area contributed by atoms with Crippen LogP contribution in [0.15, 0.2) is 48.5 Å². The van der Waals surface area contributed by atoms with Crippen molar-refractivity contribution in [3.8, 4) is 11.5 Å². The minimum Gasteiger partial charge on any atom is -0.406 e. The Balaban J connectivity index is 0.000000194. The minimum absolute atomic E-state index is 0.127. The van der Waals surface area contributed by atoms with Crippen molar-refractivity contribution >= 4 is 0 Å². The first-order valence-electron chi connectivity index (χ1n) is 19.6. The fraction of sp³-hybridized carbons (Fsp3) is 0.714. The molecule has 0 atom stereocenters. The van der Waals surface area contributed by atoms with Crippen molar-refractivity contribution in [2.75, 3.05) is 0 Å². The number of halogens is 6. The van der Waals surface area contributed by atoms with Crippen molar-refractivity contribution in [3.63, 3.8) is 0 Å². The van der Waals surface area contributed by atoms with Crippen molar-refractivity contribution in [2.45, 2.75) is 154 Å². The van der Waals surface area contributed by atoms with E-state index in [2.05, 4.69) is 23.3 Å². The van der Waals surface area contributed by atoms with Crippen LogP contribution >= 0.6 is 0 Å². The predicted octanol–water partition coefficient (Wildman–Crippen LogP) is 14.2. The molecule has 6 rings (SSSR count). The third-order valence-electron chi connectivity index (χ3n) is 13.0. The molecule has 2 aromatic rings. The summed E-state index contributed by atoms with van der Waals surface area (Å²) in [4.78, 5) is 0. The molecule has 0 radical (unpaired) electrons. The van der Waals surface area contributed by atoms with Crippen LogP contribution in [0.25, 0.3) is 0 Å². The van der Waals surface area contributed by atoms with Crippen molar-refractivity contribution in [3.05, 3.63) is 59.7 Å². The Bertz CT molecular complexity index is 1140. The molecule has 0 bridgehead atoms. The van der Waals surface area contributed by atoms with Crippen molar-refractivity contribution in [2.24, 2.45) is 35.5 Å². The van der Waals surface area contributed by atoms with Crippen LogP contribution in [0.3, 0.4) is 0 Å². The maximum absolute atomic E-state index is 12.2. The molecule has 4 saturated carbocycles. The molecule has 0 unspecified atom stereocenters. The van der Waals surface area contributed by atoms with E-state index in [0.717, 1.165) is 72.3 Å². The van der Waals surface area contributed by atoms with E-state index >= 15 is 0 Å². The summed E-state index contributed by atoms with van der Waals surface area (Å²) in [6, 6.07) is 13.0. The molecule has 8 heteroatoms. The van der Waals surface area contributed by atoms with Crippen molar-refractivity contribution in [1.29, 1.82) is 0 Å².